The van der Waals surface area contributed by atoms with Gasteiger partial charge in [-0.3, -0.25) is 9.00 Å². The lowest BCUT2D eigenvalue weighted by Gasteiger charge is -2.30. The van der Waals surface area contributed by atoms with E-state index in [0.717, 1.165) is 0 Å². The highest BCUT2D eigenvalue weighted by atomic mass is 35.5. The van der Waals surface area contributed by atoms with Gasteiger partial charge in [-0.25, -0.2) is 9.18 Å². The second kappa shape index (κ2) is 9.29. The van der Waals surface area contributed by atoms with Gasteiger partial charge >= 0.3 is 12.1 Å². The molecule has 0 saturated carbocycles. The van der Waals surface area contributed by atoms with Gasteiger partial charge in [0.1, 0.15) is 0 Å². The SMILES string of the molecule is CS(=O)CC(NC(=O)C(F)Cl)C(C)(C)C.O=C(O)C(F)(F)F. The van der Waals surface area contributed by atoms with Crippen LogP contribution in [-0.2, 0) is 20.4 Å². The van der Waals surface area contributed by atoms with Crippen molar-refractivity contribution in [2.75, 3.05) is 12.0 Å². The summed E-state index contributed by atoms with van der Waals surface area (Å²) in [7, 11) is -1.05. The summed E-state index contributed by atoms with van der Waals surface area (Å²) in [6.45, 7) is 5.64. The molecule has 132 valence electrons. The summed E-state index contributed by atoms with van der Waals surface area (Å²) in [6, 6.07) is -0.354. The van der Waals surface area contributed by atoms with Gasteiger partial charge < -0.3 is 10.4 Å². The maximum Gasteiger partial charge on any atom is 0.490 e. The maximum absolute atomic E-state index is 12.5. The summed E-state index contributed by atoms with van der Waals surface area (Å²) in [4.78, 5) is 20.0. The number of carboxylic acid groups (broad SMARTS) is 1. The van der Waals surface area contributed by atoms with Crippen molar-refractivity contribution in [3.63, 3.8) is 0 Å². The summed E-state index contributed by atoms with van der Waals surface area (Å²) in [5.41, 5.74) is -2.34. The Morgan fingerprint density at radius 2 is 1.64 bits per heavy atom. The van der Waals surface area contributed by atoms with E-state index in [1.165, 1.54) is 0 Å². The van der Waals surface area contributed by atoms with E-state index in [1.54, 1.807) is 6.26 Å². The summed E-state index contributed by atoms with van der Waals surface area (Å²) < 4.78 is 55.3. The minimum atomic E-state index is -5.08. The quantitative estimate of drug-likeness (QED) is 0.585. The number of aliphatic carboxylic acids is 1. The number of nitrogens with one attached hydrogen (secondary N) is 1. The van der Waals surface area contributed by atoms with Gasteiger partial charge in [0.25, 0.3) is 11.5 Å². The molecule has 0 rings (SSSR count). The van der Waals surface area contributed by atoms with Crippen LogP contribution in [0.25, 0.3) is 0 Å². The van der Waals surface area contributed by atoms with Crippen molar-refractivity contribution in [3.05, 3.63) is 0 Å². The number of hydrogen-bond donors (Lipinski definition) is 2. The lowest BCUT2D eigenvalue weighted by atomic mass is 9.88. The molecule has 0 aromatic heterocycles. The van der Waals surface area contributed by atoms with E-state index in [4.69, 9.17) is 21.5 Å². The molecule has 2 N–H and O–H groups in total. The number of carbonyl (C=O) groups excluding carboxylic acids is 1. The molecule has 22 heavy (non-hydrogen) atoms. The van der Waals surface area contributed by atoms with Crippen LogP contribution in [0.2, 0.25) is 0 Å². The van der Waals surface area contributed by atoms with E-state index in [-0.39, 0.29) is 11.5 Å². The first-order valence-corrected chi connectivity index (χ1v) is 7.94. The smallest absolute Gasteiger partial charge is 0.475 e. The zero-order valence-electron chi connectivity index (χ0n) is 12.3. The van der Waals surface area contributed by atoms with Crippen LogP contribution in [0.15, 0.2) is 0 Å². The van der Waals surface area contributed by atoms with Crippen LogP contribution < -0.4 is 5.32 Å². The number of hydrogen-bond acceptors (Lipinski definition) is 3. The van der Waals surface area contributed by atoms with Gasteiger partial charge in [-0.2, -0.15) is 13.2 Å². The number of amides is 1. The molecule has 0 bridgehead atoms. The van der Waals surface area contributed by atoms with Crippen molar-refractivity contribution < 1.29 is 36.5 Å². The first kappa shape index (κ1) is 23.4. The number of carbonyl (C=O) groups is 2. The van der Waals surface area contributed by atoms with Crippen molar-refractivity contribution in [3.8, 4) is 0 Å². The zero-order chi connectivity index (χ0) is 18.3. The first-order valence-electron chi connectivity index (χ1n) is 5.77. The topological polar surface area (TPSA) is 83.5 Å². The van der Waals surface area contributed by atoms with Crippen LogP contribution in [0.1, 0.15) is 20.8 Å². The van der Waals surface area contributed by atoms with Gasteiger partial charge in [-0.1, -0.05) is 32.4 Å². The van der Waals surface area contributed by atoms with Gasteiger partial charge in [-0.05, 0) is 5.41 Å². The van der Waals surface area contributed by atoms with Crippen molar-refractivity contribution in [1.29, 1.82) is 0 Å². The van der Waals surface area contributed by atoms with Gasteiger partial charge in [-0.15, -0.1) is 0 Å². The third-order valence-corrected chi connectivity index (χ3v) is 3.20. The number of alkyl halides is 5. The van der Waals surface area contributed by atoms with Crippen molar-refractivity contribution >= 4 is 34.3 Å². The predicted molar refractivity (Wildman–Crippen MR) is 74.8 cm³/mol. The highest BCUT2D eigenvalue weighted by molar-refractivity contribution is 7.84. The lowest BCUT2D eigenvalue weighted by Crippen LogP contribution is -2.48. The van der Waals surface area contributed by atoms with Crippen LogP contribution in [0, 0.1) is 5.41 Å². The monoisotopic (exact) mass is 371 g/mol. The molecule has 0 saturated heterocycles. The fourth-order valence-electron chi connectivity index (χ4n) is 0.978. The van der Waals surface area contributed by atoms with E-state index >= 15 is 0 Å². The highest BCUT2D eigenvalue weighted by Gasteiger charge is 2.38. The first-order chi connectivity index (χ1) is 9.59. The van der Waals surface area contributed by atoms with Crippen LogP contribution in [0.5, 0.6) is 0 Å². The van der Waals surface area contributed by atoms with Crippen molar-refractivity contribution in [1.82, 2.24) is 5.32 Å². The van der Waals surface area contributed by atoms with Gasteiger partial charge in [0.2, 0.25) is 0 Å². The summed E-state index contributed by atoms with van der Waals surface area (Å²) >= 11 is 5.00. The molecule has 1 amide bonds. The molecule has 0 aliphatic rings. The molecular formula is C11H18ClF4NO4S. The maximum atomic E-state index is 12.5. The molecule has 0 aromatic rings. The molecule has 0 radical (unpaired) electrons. The molecule has 0 spiro atoms. The van der Waals surface area contributed by atoms with E-state index < -0.39 is 34.5 Å². The normalized spacial score (nSPS) is 15.9. The Kier molecular flexibility index (Phi) is 9.86. The van der Waals surface area contributed by atoms with Crippen molar-refractivity contribution in [2.24, 2.45) is 5.41 Å². The van der Waals surface area contributed by atoms with Crippen LogP contribution in [-0.4, -0.2) is 51.0 Å². The molecule has 0 aliphatic heterocycles. The Labute approximate surface area is 132 Å². The molecule has 0 aliphatic carbocycles. The third-order valence-electron chi connectivity index (χ3n) is 2.20. The fourth-order valence-corrected chi connectivity index (χ4v) is 2.09. The highest BCUT2D eigenvalue weighted by Crippen LogP contribution is 2.20. The number of carboxylic acids is 1. The molecule has 11 heteroatoms. The third kappa shape index (κ3) is 11.7. The molecule has 0 heterocycles. The Morgan fingerprint density at radius 1 is 1.27 bits per heavy atom. The van der Waals surface area contributed by atoms with Crippen LogP contribution in [0.3, 0.4) is 0 Å². The standard InChI is InChI=1S/C9H17ClFNO2S.C2HF3O2/c1-9(2,3)6(5-15(4)14)12-8(13)7(10)11;3-2(4,5)1(6)7/h6-7H,5H2,1-4H3,(H,12,13);(H,6,7). The fraction of sp³-hybridized carbons (Fsp3) is 0.818. The predicted octanol–water partition coefficient (Wildman–Crippen LogP) is 2.06. The summed E-state index contributed by atoms with van der Waals surface area (Å²) in [5.74, 6) is -3.34. The Bertz CT molecular complexity index is 410. The van der Waals surface area contributed by atoms with Gasteiger partial charge in [0.15, 0.2) is 0 Å². The van der Waals surface area contributed by atoms with E-state index in [9.17, 15) is 26.6 Å². The lowest BCUT2D eigenvalue weighted by molar-refractivity contribution is -0.192. The molecular weight excluding hydrogens is 354 g/mol. The second-order valence-corrected chi connectivity index (χ2v) is 7.13. The zero-order valence-corrected chi connectivity index (χ0v) is 13.9. The summed E-state index contributed by atoms with van der Waals surface area (Å²) in [5, 5.41) is 9.57. The van der Waals surface area contributed by atoms with E-state index in [0.29, 0.717) is 5.75 Å². The van der Waals surface area contributed by atoms with E-state index in [1.807, 2.05) is 20.8 Å². The van der Waals surface area contributed by atoms with Crippen molar-refractivity contribution in [2.45, 2.75) is 38.6 Å². The largest absolute Gasteiger partial charge is 0.490 e. The van der Waals surface area contributed by atoms with Gasteiger partial charge in [0.05, 0.1) is 0 Å². The molecule has 3 atom stereocenters. The Morgan fingerprint density at radius 3 is 1.82 bits per heavy atom. The van der Waals surface area contributed by atoms with E-state index in [2.05, 4.69) is 5.32 Å². The summed E-state index contributed by atoms with van der Waals surface area (Å²) in [6.07, 6.45) is -3.54. The number of halogens is 5. The average molecular weight is 372 g/mol. The van der Waals surface area contributed by atoms with Gasteiger partial charge in [0, 0.05) is 28.9 Å². The minimum absolute atomic E-state index is 0.285. The molecule has 0 fully saturated rings. The Hall–Kier alpha value is -0.900. The molecule has 3 unspecified atom stereocenters. The molecule has 0 aromatic carbocycles. The minimum Gasteiger partial charge on any atom is -0.475 e. The second-order valence-electron chi connectivity index (χ2n) is 5.27. The van der Waals surface area contributed by atoms with Crippen LogP contribution >= 0.6 is 11.6 Å². The number of rotatable bonds is 4. The molecule has 5 nitrogen and oxygen atoms in total. The average Bonchev–Trinajstić information content (AvgIpc) is 2.25. The Balaban J connectivity index is 0. The van der Waals surface area contributed by atoms with Crippen LogP contribution in [0.4, 0.5) is 17.6 Å².